The van der Waals surface area contributed by atoms with Crippen molar-refractivity contribution in [2.24, 2.45) is 0 Å². The Morgan fingerprint density at radius 2 is 1.97 bits per heavy atom. The third-order valence-corrected chi connectivity index (χ3v) is 5.77. The molecule has 6 heteroatoms. The molecule has 3 aromatic rings. The fourth-order valence-corrected chi connectivity index (χ4v) is 4.27. The zero-order valence-electron chi connectivity index (χ0n) is 16.2. The minimum atomic E-state index is -0.0913. The molecule has 2 aromatic carbocycles. The highest BCUT2D eigenvalue weighted by atomic mass is 16.5. The molecule has 1 aromatic heterocycles. The van der Waals surface area contributed by atoms with Crippen LogP contribution >= 0.6 is 0 Å². The van der Waals surface area contributed by atoms with Crippen LogP contribution in [0, 0.1) is 0 Å². The van der Waals surface area contributed by atoms with Gasteiger partial charge in [-0.3, -0.25) is 19.4 Å². The van der Waals surface area contributed by atoms with E-state index in [2.05, 4.69) is 17.0 Å². The summed E-state index contributed by atoms with van der Waals surface area (Å²) in [7, 11) is 0. The Hall–Kier alpha value is -2.99. The van der Waals surface area contributed by atoms with Gasteiger partial charge in [0.15, 0.2) is 0 Å². The Kier molecular flexibility index (Phi) is 4.64. The van der Waals surface area contributed by atoms with E-state index in [0.717, 1.165) is 46.9 Å². The van der Waals surface area contributed by atoms with Crippen molar-refractivity contribution in [1.29, 1.82) is 0 Å². The Balaban J connectivity index is 1.29. The highest BCUT2D eigenvalue weighted by molar-refractivity contribution is 5.97. The van der Waals surface area contributed by atoms with Crippen molar-refractivity contribution in [3.05, 3.63) is 48.5 Å². The molecule has 0 saturated carbocycles. The second-order valence-corrected chi connectivity index (χ2v) is 7.82. The first-order valence-electron chi connectivity index (χ1n) is 10.2. The van der Waals surface area contributed by atoms with E-state index in [4.69, 9.17) is 9.72 Å². The van der Waals surface area contributed by atoms with Crippen molar-refractivity contribution >= 4 is 33.6 Å². The lowest BCUT2D eigenvalue weighted by molar-refractivity contribution is -0.142. The van der Waals surface area contributed by atoms with Crippen molar-refractivity contribution in [3.8, 4) is 5.75 Å². The van der Waals surface area contributed by atoms with Crippen LogP contribution in [0.1, 0.15) is 19.3 Å². The molecule has 2 aliphatic heterocycles. The topological polar surface area (TPSA) is 62.7 Å². The van der Waals surface area contributed by atoms with E-state index >= 15 is 0 Å². The number of rotatable bonds is 4. The molecule has 0 bridgehead atoms. The van der Waals surface area contributed by atoms with Crippen LogP contribution in [0.25, 0.3) is 21.8 Å². The molecule has 3 heterocycles. The van der Waals surface area contributed by atoms with Crippen molar-refractivity contribution in [3.63, 3.8) is 0 Å². The number of hydrogen-bond acceptors (Lipinski definition) is 5. The molecule has 2 saturated heterocycles. The molecular formula is C23H23N3O3. The van der Waals surface area contributed by atoms with Gasteiger partial charge >= 0.3 is 0 Å². The van der Waals surface area contributed by atoms with Gasteiger partial charge in [0.05, 0.1) is 12.1 Å². The molecule has 1 atom stereocenters. The number of fused-ring (bicyclic) bond motifs is 2. The lowest BCUT2D eigenvalue weighted by atomic mass is 10.1. The Labute approximate surface area is 169 Å². The van der Waals surface area contributed by atoms with E-state index in [9.17, 15) is 9.59 Å². The normalized spacial score (nSPS) is 20.1. The number of likely N-dealkylation sites (tertiary alicyclic amines) is 2. The van der Waals surface area contributed by atoms with Gasteiger partial charge in [0.25, 0.3) is 0 Å². The van der Waals surface area contributed by atoms with Gasteiger partial charge in [0.1, 0.15) is 17.4 Å². The molecule has 0 N–H and O–H groups in total. The van der Waals surface area contributed by atoms with Crippen LogP contribution in [-0.2, 0) is 9.59 Å². The molecular weight excluding hydrogens is 366 g/mol. The maximum atomic E-state index is 12.4. The number of benzene rings is 2. The van der Waals surface area contributed by atoms with E-state index in [1.54, 1.807) is 0 Å². The number of pyridine rings is 1. The van der Waals surface area contributed by atoms with Crippen LogP contribution in [0.3, 0.4) is 0 Å². The first kappa shape index (κ1) is 18.1. The standard InChI is InChI=1S/C23H23N3O3/c27-21-9-4-11-26(21)22(28)15-25-12-10-18(14-25)29-20-8-3-6-17-13-16-5-1-2-7-19(16)24-23(17)20/h1-3,5-8,13,18H,4,9-12,14-15H2. The summed E-state index contributed by atoms with van der Waals surface area (Å²) in [6, 6.07) is 16.2. The first-order valence-corrected chi connectivity index (χ1v) is 10.2. The smallest absolute Gasteiger partial charge is 0.243 e. The summed E-state index contributed by atoms with van der Waals surface area (Å²) in [5, 5.41) is 2.16. The number of amides is 2. The predicted octanol–water partition coefficient (Wildman–Crippen LogP) is 2.99. The quantitative estimate of drug-likeness (QED) is 0.642. The van der Waals surface area contributed by atoms with E-state index < -0.39 is 0 Å². The molecule has 2 fully saturated rings. The van der Waals surface area contributed by atoms with E-state index in [1.807, 2.05) is 36.4 Å². The number of carbonyl (C=O) groups is 2. The van der Waals surface area contributed by atoms with Crippen molar-refractivity contribution < 1.29 is 14.3 Å². The average Bonchev–Trinajstić information content (AvgIpc) is 3.35. The minimum Gasteiger partial charge on any atom is -0.487 e. The molecule has 0 aliphatic carbocycles. The van der Waals surface area contributed by atoms with Crippen LogP contribution in [-0.4, -0.2) is 58.9 Å². The highest BCUT2D eigenvalue weighted by Gasteiger charge is 2.31. The third kappa shape index (κ3) is 3.56. The summed E-state index contributed by atoms with van der Waals surface area (Å²) in [5.74, 6) is 0.642. The summed E-state index contributed by atoms with van der Waals surface area (Å²) < 4.78 is 6.30. The summed E-state index contributed by atoms with van der Waals surface area (Å²) in [5.41, 5.74) is 1.81. The fraction of sp³-hybridized carbons (Fsp3) is 0.348. The van der Waals surface area contributed by atoms with Gasteiger partial charge in [-0.2, -0.15) is 0 Å². The van der Waals surface area contributed by atoms with Crippen molar-refractivity contribution in [2.45, 2.75) is 25.4 Å². The first-order chi connectivity index (χ1) is 14.2. The number of hydrogen-bond donors (Lipinski definition) is 0. The SMILES string of the molecule is O=C1CCCN1C(=O)CN1CCC(Oc2cccc3cc4ccccc4nc23)C1. The van der Waals surface area contributed by atoms with Crippen molar-refractivity contribution in [2.75, 3.05) is 26.2 Å². The molecule has 148 valence electrons. The molecule has 0 radical (unpaired) electrons. The zero-order valence-corrected chi connectivity index (χ0v) is 16.2. The van der Waals surface area contributed by atoms with Gasteiger partial charge in [-0.25, -0.2) is 4.98 Å². The van der Waals surface area contributed by atoms with E-state index in [-0.39, 0.29) is 24.5 Å². The van der Waals surface area contributed by atoms with Gasteiger partial charge < -0.3 is 4.74 Å². The van der Waals surface area contributed by atoms with Gasteiger partial charge in [-0.15, -0.1) is 0 Å². The number of nitrogens with zero attached hydrogens (tertiary/aromatic N) is 3. The Morgan fingerprint density at radius 1 is 1.10 bits per heavy atom. The minimum absolute atomic E-state index is 0.0101. The molecule has 5 rings (SSSR count). The van der Waals surface area contributed by atoms with Crippen LogP contribution < -0.4 is 4.74 Å². The molecule has 29 heavy (non-hydrogen) atoms. The third-order valence-electron chi connectivity index (χ3n) is 5.77. The van der Waals surface area contributed by atoms with Crippen LogP contribution in [0.5, 0.6) is 5.75 Å². The molecule has 2 amide bonds. The largest absolute Gasteiger partial charge is 0.487 e. The average molecular weight is 389 g/mol. The number of carbonyl (C=O) groups excluding carboxylic acids is 2. The van der Waals surface area contributed by atoms with E-state index in [1.165, 1.54) is 4.90 Å². The summed E-state index contributed by atoms with van der Waals surface area (Å²) in [6.07, 6.45) is 2.13. The Morgan fingerprint density at radius 3 is 2.83 bits per heavy atom. The second-order valence-electron chi connectivity index (χ2n) is 7.82. The van der Waals surface area contributed by atoms with Gasteiger partial charge in [-0.1, -0.05) is 30.3 Å². The van der Waals surface area contributed by atoms with Gasteiger partial charge in [-0.05, 0) is 31.0 Å². The fourth-order valence-electron chi connectivity index (χ4n) is 4.27. The number of ether oxygens (including phenoxy) is 1. The lowest BCUT2D eigenvalue weighted by Gasteiger charge is -2.20. The molecule has 2 aliphatic rings. The van der Waals surface area contributed by atoms with E-state index in [0.29, 0.717) is 19.5 Å². The Bertz CT molecular complexity index is 1100. The summed E-state index contributed by atoms with van der Waals surface area (Å²) in [6.45, 7) is 2.31. The van der Waals surface area contributed by atoms with Crippen molar-refractivity contribution in [1.82, 2.24) is 14.8 Å². The van der Waals surface area contributed by atoms with Crippen LogP contribution in [0.4, 0.5) is 0 Å². The van der Waals surface area contributed by atoms with Crippen LogP contribution in [0.2, 0.25) is 0 Å². The van der Waals surface area contributed by atoms with Crippen LogP contribution in [0.15, 0.2) is 48.5 Å². The summed E-state index contributed by atoms with van der Waals surface area (Å²) in [4.78, 5) is 32.4. The second kappa shape index (κ2) is 7.44. The maximum absolute atomic E-state index is 12.4. The van der Waals surface area contributed by atoms with Gasteiger partial charge in [0, 0.05) is 36.8 Å². The molecule has 0 spiro atoms. The number of para-hydroxylation sites is 2. The summed E-state index contributed by atoms with van der Waals surface area (Å²) >= 11 is 0. The predicted molar refractivity (Wildman–Crippen MR) is 111 cm³/mol. The van der Waals surface area contributed by atoms with Gasteiger partial charge in [0.2, 0.25) is 11.8 Å². The zero-order chi connectivity index (χ0) is 19.8. The number of imide groups is 1. The maximum Gasteiger partial charge on any atom is 0.243 e. The molecule has 6 nitrogen and oxygen atoms in total. The highest BCUT2D eigenvalue weighted by Crippen LogP contribution is 2.29. The molecule has 1 unspecified atom stereocenters. The number of aromatic nitrogens is 1. The monoisotopic (exact) mass is 389 g/mol. The lowest BCUT2D eigenvalue weighted by Crippen LogP contribution is -2.40.